The van der Waals surface area contributed by atoms with Gasteiger partial charge >= 0.3 is 0 Å². The third-order valence-electron chi connectivity index (χ3n) is 3.98. The number of thiophene rings is 1. The van der Waals surface area contributed by atoms with Crippen molar-refractivity contribution >= 4 is 27.3 Å². The summed E-state index contributed by atoms with van der Waals surface area (Å²) in [6.45, 7) is 12.7. The summed E-state index contributed by atoms with van der Waals surface area (Å²) in [5, 5.41) is 3.70. The van der Waals surface area contributed by atoms with E-state index < -0.39 is 0 Å². The molecule has 2 nitrogen and oxygen atoms in total. The third-order valence-corrected chi connectivity index (χ3v) is 5.58. The largest absolute Gasteiger partial charge is 0.311 e. The molecular weight excluding hydrogens is 320 g/mol. The summed E-state index contributed by atoms with van der Waals surface area (Å²) in [6, 6.07) is 5.65. The van der Waals surface area contributed by atoms with Gasteiger partial charge in [0, 0.05) is 36.6 Å². The summed E-state index contributed by atoms with van der Waals surface area (Å²) in [6.07, 6.45) is 1.21. The van der Waals surface area contributed by atoms with Crippen LogP contribution in [0.1, 0.15) is 39.0 Å². The van der Waals surface area contributed by atoms with Gasteiger partial charge in [-0.25, -0.2) is 0 Å². The van der Waals surface area contributed by atoms with Crippen LogP contribution in [0.5, 0.6) is 0 Å². The summed E-state index contributed by atoms with van der Waals surface area (Å²) >= 11 is 5.42. The second-order valence-electron chi connectivity index (χ2n) is 6.53. The molecule has 0 aliphatic carbocycles. The molecule has 2 rings (SSSR count). The van der Waals surface area contributed by atoms with E-state index in [1.54, 1.807) is 0 Å². The van der Waals surface area contributed by atoms with Crippen LogP contribution in [-0.2, 0) is 6.54 Å². The monoisotopic (exact) mass is 344 g/mol. The van der Waals surface area contributed by atoms with Gasteiger partial charge in [0.15, 0.2) is 0 Å². The van der Waals surface area contributed by atoms with Gasteiger partial charge in [-0.15, -0.1) is 11.3 Å². The van der Waals surface area contributed by atoms with E-state index in [9.17, 15) is 0 Å². The van der Waals surface area contributed by atoms with Crippen LogP contribution in [0.15, 0.2) is 15.9 Å². The first-order valence-electron chi connectivity index (χ1n) is 7.11. The van der Waals surface area contributed by atoms with Gasteiger partial charge in [-0.05, 0) is 39.9 Å². The normalized spacial score (nSPS) is 25.7. The van der Waals surface area contributed by atoms with Gasteiger partial charge in [-0.3, -0.25) is 4.90 Å². The highest BCUT2D eigenvalue weighted by Gasteiger charge is 2.35. The lowest BCUT2D eigenvalue weighted by atomic mass is 9.83. The van der Waals surface area contributed by atoms with Crippen LogP contribution in [0.25, 0.3) is 0 Å². The Labute approximate surface area is 129 Å². The van der Waals surface area contributed by atoms with Crippen molar-refractivity contribution in [3.63, 3.8) is 0 Å². The van der Waals surface area contributed by atoms with Crippen LogP contribution in [0, 0.1) is 5.41 Å². The zero-order valence-electron chi connectivity index (χ0n) is 12.4. The van der Waals surface area contributed by atoms with Crippen molar-refractivity contribution in [1.29, 1.82) is 0 Å². The topological polar surface area (TPSA) is 15.3 Å². The molecule has 0 amide bonds. The fourth-order valence-electron chi connectivity index (χ4n) is 2.82. The summed E-state index contributed by atoms with van der Waals surface area (Å²) in [5.74, 6) is 0. The van der Waals surface area contributed by atoms with Gasteiger partial charge in [0.05, 0.1) is 3.79 Å². The number of nitrogens with zero attached hydrogens (tertiary/aromatic N) is 1. The Bertz CT molecular complexity index is 411. The molecule has 2 heterocycles. The van der Waals surface area contributed by atoms with E-state index in [4.69, 9.17) is 0 Å². The molecule has 1 aliphatic heterocycles. The molecule has 1 saturated heterocycles. The molecule has 0 spiro atoms. The van der Waals surface area contributed by atoms with E-state index >= 15 is 0 Å². The quantitative estimate of drug-likeness (QED) is 0.887. The minimum Gasteiger partial charge on any atom is -0.311 e. The van der Waals surface area contributed by atoms with Crippen molar-refractivity contribution < 1.29 is 0 Å². The Balaban J connectivity index is 2.11. The predicted molar refractivity (Wildman–Crippen MR) is 87.8 cm³/mol. The minimum absolute atomic E-state index is 0.320. The molecule has 1 N–H and O–H groups in total. The fourth-order valence-corrected chi connectivity index (χ4v) is 4.33. The average Bonchev–Trinajstić information content (AvgIpc) is 2.73. The lowest BCUT2D eigenvalue weighted by molar-refractivity contribution is 0.0493. The molecule has 0 radical (unpaired) electrons. The lowest BCUT2D eigenvalue weighted by Crippen LogP contribution is -2.59. The van der Waals surface area contributed by atoms with E-state index in [-0.39, 0.29) is 0 Å². The summed E-state index contributed by atoms with van der Waals surface area (Å²) in [7, 11) is 0. The molecule has 1 aromatic rings. The smallest absolute Gasteiger partial charge is 0.0701 e. The lowest BCUT2D eigenvalue weighted by Gasteiger charge is -2.46. The zero-order chi connectivity index (χ0) is 14.0. The van der Waals surface area contributed by atoms with Crippen LogP contribution in [0.4, 0.5) is 0 Å². The van der Waals surface area contributed by atoms with Crippen molar-refractivity contribution in [2.75, 3.05) is 13.1 Å². The first-order valence-corrected chi connectivity index (χ1v) is 8.72. The number of piperazine rings is 1. The highest BCUT2D eigenvalue weighted by atomic mass is 79.9. The zero-order valence-corrected chi connectivity index (χ0v) is 14.8. The number of nitrogens with one attached hydrogen (secondary N) is 1. The predicted octanol–water partition coefficient (Wildman–Crippen LogP) is 4.11. The maximum absolute atomic E-state index is 3.70. The Morgan fingerprint density at radius 3 is 2.68 bits per heavy atom. The van der Waals surface area contributed by atoms with Gasteiger partial charge in [-0.1, -0.05) is 27.7 Å². The van der Waals surface area contributed by atoms with Gasteiger partial charge < -0.3 is 5.32 Å². The van der Waals surface area contributed by atoms with Crippen molar-refractivity contribution in [3.05, 3.63) is 20.8 Å². The van der Waals surface area contributed by atoms with Gasteiger partial charge in [0.2, 0.25) is 0 Å². The molecule has 2 atom stereocenters. The molecule has 1 aliphatic rings. The number of rotatable bonds is 3. The first kappa shape index (κ1) is 15.5. The second-order valence-corrected chi connectivity index (χ2v) is 9.08. The van der Waals surface area contributed by atoms with Crippen LogP contribution in [0.3, 0.4) is 0 Å². The molecule has 19 heavy (non-hydrogen) atoms. The van der Waals surface area contributed by atoms with Crippen LogP contribution in [-0.4, -0.2) is 30.1 Å². The van der Waals surface area contributed by atoms with E-state index in [2.05, 4.69) is 66.0 Å². The van der Waals surface area contributed by atoms with E-state index in [0.717, 1.165) is 19.6 Å². The highest BCUT2D eigenvalue weighted by molar-refractivity contribution is 9.11. The van der Waals surface area contributed by atoms with Crippen molar-refractivity contribution in [1.82, 2.24) is 10.2 Å². The van der Waals surface area contributed by atoms with E-state index in [0.29, 0.717) is 17.5 Å². The number of hydrogen-bond donors (Lipinski definition) is 1. The number of halogens is 1. The molecule has 0 saturated carbocycles. The minimum atomic E-state index is 0.320. The van der Waals surface area contributed by atoms with Crippen molar-refractivity contribution in [3.8, 4) is 0 Å². The number of hydrogen-bond acceptors (Lipinski definition) is 3. The average molecular weight is 345 g/mol. The molecule has 108 valence electrons. The van der Waals surface area contributed by atoms with Crippen LogP contribution in [0.2, 0.25) is 0 Å². The highest BCUT2D eigenvalue weighted by Crippen LogP contribution is 2.30. The first-order chi connectivity index (χ1) is 8.90. The van der Waals surface area contributed by atoms with Crippen molar-refractivity contribution in [2.45, 2.75) is 52.7 Å². The molecule has 1 fully saturated rings. The summed E-state index contributed by atoms with van der Waals surface area (Å²) < 4.78 is 1.23. The maximum atomic E-state index is 3.70. The molecular formula is C15H25BrN2S. The standard InChI is InChI=1S/C15H25BrN2S/c1-5-11-9-18(10-12-6-7-14(16)19-12)13(8-17-11)15(2,3)4/h6-7,11,13,17H,5,8-10H2,1-4H3. The SMILES string of the molecule is CCC1CN(Cc2ccc(Br)s2)C(C(C)(C)C)CN1. The maximum Gasteiger partial charge on any atom is 0.0701 e. The Morgan fingerprint density at radius 2 is 2.16 bits per heavy atom. The summed E-state index contributed by atoms with van der Waals surface area (Å²) in [4.78, 5) is 4.13. The van der Waals surface area contributed by atoms with E-state index in [1.165, 1.54) is 15.1 Å². The Morgan fingerprint density at radius 1 is 1.42 bits per heavy atom. The molecule has 4 heteroatoms. The molecule has 2 unspecified atom stereocenters. The van der Waals surface area contributed by atoms with Crippen LogP contribution >= 0.6 is 27.3 Å². The van der Waals surface area contributed by atoms with Gasteiger partial charge in [0.1, 0.15) is 0 Å². The molecule has 1 aromatic heterocycles. The van der Waals surface area contributed by atoms with Gasteiger partial charge in [-0.2, -0.15) is 0 Å². The Hall–Kier alpha value is 0.1000. The second kappa shape index (κ2) is 6.25. The fraction of sp³-hybridized carbons (Fsp3) is 0.733. The molecule has 0 aromatic carbocycles. The van der Waals surface area contributed by atoms with Crippen molar-refractivity contribution in [2.24, 2.45) is 5.41 Å². The third kappa shape index (κ3) is 4.03. The Kier molecular flexibility index (Phi) is 5.09. The van der Waals surface area contributed by atoms with Gasteiger partial charge in [0.25, 0.3) is 0 Å². The summed E-state index contributed by atoms with van der Waals surface area (Å²) in [5.41, 5.74) is 0.320. The van der Waals surface area contributed by atoms with E-state index in [1.807, 2.05) is 11.3 Å². The molecule has 0 bridgehead atoms. The van der Waals surface area contributed by atoms with Crippen LogP contribution < -0.4 is 5.32 Å².